The fourth-order valence-electron chi connectivity index (χ4n) is 4.27. The van der Waals surface area contributed by atoms with Crippen LogP contribution in [0.2, 0.25) is 10.0 Å². The average Bonchev–Trinajstić information content (AvgIpc) is 2.94. The van der Waals surface area contributed by atoms with Gasteiger partial charge in [0.15, 0.2) is 5.49 Å². The van der Waals surface area contributed by atoms with Gasteiger partial charge >= 0.3 is 5.97 Å². The van der Waals surface area contributed by atoms with Crippen LogP contribution in [-0.4, -0.2) is 32.4 Å². The molecule has 0 saturated heterocycles. The van der Waals surface area contributed by atoms with E-state index in [4.69, 9.17) is 32.9 Å². The van der Waals surface area contributed by atoms with E-state index in [9.17, 15) is 14.4 Å². The smallest absolute Gasteiger partial charge is 0.341 e. The lowest BCUT2D eigenvalue weighted by Gasteiger charge is -2.15. The molecule has 0 N–H and O–H groups in total. The summed E-state index contributed by atoms with van der Waals surface area (Å²) in [4.78, 5) is 49.1. The van der Waals surface area contributed by atoms with Crippen molar-refractivity contribution >= 4 is 51.8 Å². The molecule has 0 bridgehead atoms. The molecule has 3 aromatic heterocycles. The Balaban J connectivity index is 1.85. The molecule has 0 aliphatic rings. The molecule has 39 heavy (non-hydrogen) atoms. The second-order valence-corrected chi connectivity index (χ2v) is 9.46. The molecule has 1 amide bonds. The van der Waals surface area contributed by atoms with E-state index in [2.05, 4.69) is 4.99 Å². The third-order valence-electron chi connectivity index (χ3n) is 6.12. The highest BCUT2D eigenvalue weighted by molar-refractivity contribution is 6.35. The molecule has 0 saturated carbocycles. The molecule has 0 unspecified atom stereocenters. The number of ether oxygens (including phenoxy) is 1. The summed E-state index contributed by atoms with van der Waals surface area (Å²) in [5.74, 6) is -1.44. The van der Waals surface area contributed by atoms with Gasteiger partial charge in [0.2, 0.25) is 0 Å². The largest absolute Gasteiger partial charge is 0.462 e. The first-order valence-electron chi connectivity index (χ1n) is 12.2. The van der Waals surface area contributed by atoms with Crippen molar-refractivity contribution in [3.8, 4) is 0 Å². The molecule has 5 rings (SSSR count). The average molecular weight is 561 g/mol. The highest BCUT2D eigenvalue weighted by atomic mass is 35.5. The van der Waals surface area contributed by atoms with Gasteiger partial charge in [0.1, 0.15) is 16.9 Å². The van der Waals surface area contributed by atoms with Gasteiger partial charge in [0.05, 0.1) is 22.6 Å². The summed E-state index contributed by atoms with van der Waals surface area (Å²) in [6, 6.07) is 20.7. The zero-order valence-electron chi connectivity index (χ0n) is 20.8. The van der Waals surface area contributed by atoms with Crippen LogP contribution in [0.1, 0.15) is 33.2 Å². The Bertz CT molecular complexity index is 1860. The van der Waals surface area contributed by atoms with E-state index in [1.807, 2.05) is 30.3 Å². The van der Waals surface area contributed by atoms with Crippen molar-refractivity contribution in [3.63, 3.8) is 0 Å². The number of esters is 1. The highest BCUT2D eigenvalue weighted by Gasteiger charge is 2.21. The van der Waals surface area contributed by atoms with E-state index in [1.165, 1.54) is 22.6 Å². The first kappa shape index (κ1) is 26.3. The van der Waals surface area contributed by atoms with Crippen molar-refractivity contribution in [1.29, 1.82) is 0 Å². The van der Waals surface area contributed by atoms with Crippen LogP contribution >= 0.6 is 23.2 Å². The molecule has 0 fully saturated rings. The summed E-state index contributed by atoms with van der Waals surface area (Å²) >= 11 is 12.4. The van der Waals surface area contributed by atoms with E-state index in [0.717, 1.165) is 5.56 Å². The van der Waals surface area contributed by atoms with Gasteiger partial charge in [-0.25, -0.2) is 9.78 Å². The van der Waals surface area contributed by atoms with Crippen molar-refractivity contribution in [2.75, 3.05) is 6.61 Å². The third-order valence-corrected chi connectivity index (χ3v) is 6.68. The van der Waals surface area contributed by atoms with Crippen molar-refractivity contribution in [2.24, 2.45) is 4.99 Å². The summed E-state index contributed by atoms with van der Waals surface area (Å²) in [5, 5.41) is 0.645. The third kappa shape index (κ3) is 5.34. The van der Waals surface area contributed by atoms with Crippen LogP contribution in [0.4, 0.5) is 0 Å². The standard InChI is InChI=1S/C29H22Cl2N4O4/c1-2-39-29(38)22-17-21-25(32-24-10-6-7-14-34(24)28(21)37)35(15-13-18-8-4-3-5-9-18)26(22)33-27(36)20-16-19(30)11-12-23(20)31/h3-12,14,16-17H,2,13,15H2,1H3. The normalized spacial score (nSPS) is 11.7. The van der Waals surface area contributed by atoms with E-state index < -0.39 is 11.9 Å². The Morgan fingerprint density at radius 3 is 2.51 bits per heavy atom. The molecule has 0 aliphatic heterocycles. The SMILES string of the molecule is CCOC(=O)c1cc2c(=O)n3ccccc3nc2n(CCc2ccccc2)c1=NC(=O)c1cc(Cl)ccc1Cl. The van der Waals surface area contributed by atoms with E-state index in [-0.39, 0.29) is 51.4 Å². The molecule has 5 aromatic rings. The summed E-state index contributed by atoms with van der Waals surface area (Å²) < 4.78 is 8.30. The second kappa shape index (κ2) is 11.2. The highest BCUT2D eigenvalue weighted by Crippen LogP contribution is 2.21. The first-order valence-corrected chi connectivity index (χ1v) is 12.9. The molecule has 0 atom stereocenters. The number of carbonyl (C=O) groups is 2. The number of nitrogens with zero attached hydrogens (tertiary/aromatic N) is 4. The Morgan fingerprint density at radius 1 is 0.974 bits per heavy atom. The van der Waals surface area contributed by atoms with Gasteiger partial charge in [0, 0.05) is 17.8 Å². The van der Waals surface area contributed by atoms with Gasteiger partial charge in [-0.3, -0.25) is 14.0 Å². The number of aryl methyl sites for hydroxylation is 2. The minimum absolute atomic E-state index is 0.00473. The minimum atomic E-state index is -0.728. The first-order chi connectivity index (χ1) is 18.9. The minimum Gasteiger partial charge on any atom is -0.462 e. The second-order valence-electron chi connectivity index (χ2n) is 8.61. The summed E-state index contributed by atoms with van der Waals surface area (Å²) in [5.41, 5.74) is 1.35. The number of aromatic nitrogens is 3. The lowest BCUT2D eigenvalue weighted by molar-refractivity contribution is 0.0523. The number of carbonyl (C=O) groups excluding carboxylic acids is 2. The molecular formula is C29H22Cl2N4O4. The molecule has 0 spiro atoms. The zero-order valence-corrected chi connectivity index (χ0v) is 22.3. The van der Waals surface area contributed by atoms with Gasteiger partial charge < -0.3 is 9.30 Å². The van der Waals surface area contributed by atoms with Crippen molar-refractivity contribution < 1.29 is 14.3 Å². The number of pyridine rings is 2. The number of hydrogen-bond donors (Lipinski definition) is 0. The quantitative estimate of drug-likeness (QED) is 0.212. The number of halogens is 2. The molecule has 0 radical (unpaired) electrons. The zero-order chi connectivity index (χ0) is 27.5. The summed E-state index contributed by atoms with van der Waals surface area (Å²) in [7, 11) is 0. The van der Waals surface area contributed by atoms with Crippen LogP contribution in [0.5, 0.6) is 0 Å². The van der Waals surface area contributed by atoms with E-state index >= 15 is 0 Å². The summed E-state index contributed by atoms with van der Waals surface area (Å²) in [6.45, 7) is 2.02. The molecule has 3 heterocycles. The maximum atomic E-state index is 13.5. The molecule has 196 valence electrons. The fourth-order valence-corrected chi connectivity index (χ4v) is 4.64. The van der Waals surface area contributed by atoms with Crippen LogP contribution < -0.4 is 11.0 Å². The van der Waals surface area contributed by atoms with Crippen LogP contribution in [0.15, 0.2) is 88.8 Å². The fraction of sp³-hybridized carbons (Fsp3) is 0.138. The van der Waals surface area contributed by atoms with Crippen LogP contribution in [0, 0.1) is 0 Å². The van der Waals surface area contributed by atoms with Gasteiger partial charge in [-0.1, -0.05) is 59.6 Å². The molecule has 0 aliphatic carbocycles. The molecule has 10 heteroatoms. The number of amides is 1. The van der Waals surface area contributed by atoms with E-state index in [0.29, 0.717) is 17.1 Å². The van der Waals surface area contributed by atoms with Gasteiger partial charge in [-0.15, -0.1) is 0 Å². The lowest BCUT2D eigenvalue weighted by atomic mass is 10.1. The number of rotatable bonds is 6. The van der Waals surface area contributed by atoms with Crippen LogP contribution in [0.3, 0.4) is 0 Å². The maximum Gasteiger partial charge on any atom is 0.341 e. The summed E-state index contributed by atoms with van der Waals surface area (Å²) in [6.07, 6.45) is 2.11. The number of fused-ring (bicyclic) bond motifs is 2. The number of benzene rings is 2. The monoisotopic (exact) mass is 560 g/mol. The maximum absolute atomic E-state index is 13.5. The Morgan fingerprint density at radius 2 is 1.74 bits per heavy atom. The molecule has 2 aromatic carbocycles. The lowest BCUT2D eigenvalue weighted by Crippen LogP contribution is -2.33. The van der Waals surface area contributed by atoms with E-state index in [1.54, 1.807) is 42.0 Å². The van der Waals surface area contributed by atoms with Gasteiger partial charge in [0.25, 0.3) is 11.5 Å². The Kier molecular flexibility index (Phi) is 7.58. The van der Waals surface area contributed by atoms with Crippen LogP contribution in [-0.2, 0) is 17.7 Å². The predicted octanol–water partition coefficient (Wildman–Crippen LogP) is 5.12. The number of hydrogen-bond acceptors (Lipinski definition) is 5. The van der Waals surface area contributed by atoms with Gasteiger partial charge in [-0.2, -0.15) is 4.99 Å². The molecular weight excluding hydrogens is 539 g/mol. The Hall–Kier alpha value is -4.27. The van der Waals surface area contributed by atoms with Crippen molar-refractivity contribution in [1.82, 2.24) is 14.0 Å². The topological polar surface area (TPSA) is 95.0 Å². The van der Waals surface area contributed by atoms with Crippen molar-refractivity contribution in [2.45, 2.75) is 19.9 Å². The van der Waals surface area contributed by atoms with Gasteiger partial charge in [-0.05, 0) is 55.3 Å². The molecule has 8 nitrogen and oxygen atoms in total. The Labute approximate surface area is 232 Å². The predicted molar refractivity (Wildman–Crippen MR) is 149 cm³/mol. The van der Waals surface area contributed by atoms with Crippen LogP contribution in [0.25, 0.3) is 16.7 Å². The van der Waals surface area contributed by atoms with Crippen molar-refractivity contribution in [3.05, 3.63) is 122 Å².